The first-order chi connectivity index (χ1) is 14.4. The molecule has 0 aromatic heterocycles. The van der Waals surface area contributed by atoms with Crippen molar-refractivity contribution in [3.05, 3.63) is 40.7 Å². The Hall–Kier alpha value is -2.80. The van der Waals surface area contributed by atoms with Crippen LogP contribution in [0.1, 0.15) is 35.2 Å². The van der Waals surface area contributed by atoms with E-state index in [9.17, 15) is 38.4 Å². The highest BCUT2D eigenvalue weighted by molar-refractivity contribution is 7.81. The Kier molecular flexibility index (Phi) is 5.93. The van der Waals surface area contributed by atoms with Gasteiger partial charge in [0.1, 0.15) is 11.5 Å². The van der Waals surface area contributed by atoms with Gasteiger partial charge >= 0.3 is 16.9 Å². The number of phenolic OH excluding ortho intramolecular Hbond substituents is 1. The third-order valence-corrected chi connectivity index (χ3v) is 6.14. The van der Waals surface area contributed by atoms with Gasteiger partial charge in [0.05, 0.1) is 11.7 Å². The molecule has 1 aromatic carbocycles. The van der Waals surface area contributed by atoms with Crippen molar-refractivity contribution < 1.29 is 52.0 Å². The fourth-order valence-corrected chi connectivity index (χ4v) is 4.68. The number of fused-ring (bicyclic) bond motifs is 3. The lowest BCUT2D eigenvalue weighted by atomic mass is 9.60. The van der Waals surface area contributed by atoms with Crippen molar-refractivity contribution in [2.24, 2.45) is 11.8 Å². The van der Waals surface area contributed by atoms with Gasteiger partial charge in [-0.05, 0) is 36.8 Å². The molecule has 12 heteroatoms. The number of benzene rings is 1. The molecule has 1 aromatic rings. The Bertz CT molecular complexity index is 1070. The number of phenols is 1. The highest BCUT2D eigenvalue weighted by atomic mass is 32.3. The van der Waals surface area contributed by atoms with Crippen LogP contribution >= 0.6 is 0 Å². The summed E-state index contributed by atoms with van der Waals surface area (Å²) >= 11 is 0. The van der Waals surface area contributed by atoms with Gasteiger partial charge in [0.2, 0.25) is 0 Å². The zero-order chi connectivity index (χ0) is 23.1. The summed E-state index contributed by atoms with van der Waals surface area (Å²) in [5.41, 5.74) is -1.27. The van der Waals surface area contributed by atoms with E-state index >= 15 is 0 Å². The number of aromatic hydroxyl groups is 1. The second-order valence-corrected chi connectivity index (χ2v) is 8.69. The SMILES string of the molecule is O=C1C2=C(O)C3(O)C(=O)CC(O)CC3CC2Cc2cccc(O)c21.O=COS(=O)(=O)O. The summed E-state index contributed by atoms with van der Waals surface area (Å²) in [7, 11) is -4.54. The van der Waals surface area contributed by atoms with Crippen molar-refractivity contribution >= 4 is 28.4 Å². The van der Waals surface area contributed by atoms with Gasteiger partial charge < -0.3 is 24.6 Å². The summed E-state index contributed by atoms with van der Waals surface area (Å²) in [4.78, 5) is 34.2. The average molecular weight is 456 g/mol. The van der Waals surface area contributed by atoms with E-state index in [0.29, 0.717) is 18.4 Å². The van der Waals surface area contributed by atoms with Crippen LogP contribution in [0.2, 0.25) is 0 Å². The molecule has 4 rings (SSSR count). The number of rotatable bonds is 2. The lowest BCUT2D eigenvalue weighted by molar-refractivity contribution is -0.155. The zero-order valence-electron chi connectivity index (χ0n) is 16.0. The third-order valence-electron chi connectivity index (χ3n) is 5.81. The number of ketones is 2. The number of hydrogen-bond acceptors (Lipinski definition) is 10. The van der Waals surface area contributed by atoms with Gasteiger partial charge in [0.25, 0.3) is 0 Å². The van der Waals surface area contributed by atoms with Crippen molar-refractivity contribution in [1.29, 1.82) is 0 Å². The lowest BCUT2D eigenvalue weighted by Crippen LogP contribution is -2.57. The topological polar surface area (TPSA) is 196 Å². The van der Waals surface area contributed by atoms with Crippen LogP contribution in [-0.4, -0.2) is 63.1 Å². The zero-order valence-corrected chi connectivity index (χ0v) is 16.8. The van der Waals surface area contributed by atoms with Crippen LogP contribution in [0.15, 0.2) is 29.5 Å². The monoisotopic (exact) mass is 456 g/mol. The van der Waals surface area contributed by atoms with Crippen LogP contribution in [0.25, 0.3) is 0 Å². The number of aliphatic hydroxyl groups excluding tert-OH is 2. The van der Waals surface area contributed by atoms with Crippen molar-refractivity contribution in [3.63, 3.8) is 0 Å². The highest BCUT2D eigenvalue weighted by Gasteiger charge is 2.57. The molecule has 1 fully saturated rings. The molecule has 0 bridgehead atoms. The second-order valence-electron chi connectivity index (χ2n) is 7.64. The molecule has 4 atom stereocenters. The van der Waals surface area contributed by atoms with Gasteiger partial charge in [-0.15, -0.1) is 0 Å². The number of carbonyl (C=O) groups excluding carboxylic acids is 3. The molecule has 0 saturated heterocycles. The first kappa shape index (κ1) is 22.9. The van der Waals surface area contributed by atoms with Gasteiger partial charge in [-0.25, -0.2) is 0 Å². The van der Waals surface area contributed by atoms with Gasteiger partial charge in [-0.1, -0.05) is 12.1 Å². The van der Waals surface area contributed by atoms with Gasteiger partial charge in [-0.3, -0.25) is 18.9 Å². The number of carbonyl (C=O) groups is 3. The molecule has 0 spiro atoms. The maximum absolute atomic E-state index is 12.8. The predicted molar refractivity (Wildman–Crippen MR) is 101 cm³/mol. The quantitative estimate of drug-likeness (QED) is 0.297. The third kappa shape index (κ3) is 4.06. The predicted octanol–water partition coefficient (Wildman–Crippen LogP) is -0.00370. The Labute approximate surface area is 176 Å². The molecule has 0 aliphatic heterocycles. The molecule has 3 aliphatic carbocycles. The second kappa shape index (κ2) is 8.04. The summed E-state index contributed by atoms with van der Waals surface area (Å²) in [5.74, 6) is -2.92. The highest BCUT2D eigenvalue weighted by Crippen LogP contribution is 2.50. The first-order valence-corrected chi connectivity index (χ1v) is 10.6. The molecule has 31 heavy (non-hydrogen) atoms. The Morgan fingerprint density at radius 1 is 1.13 bits per heavy atom. The molecule has 4 unspecified atom stereocenters. The molecular weight excluding hydrogens is 436 g/mol. The molecule has 1 saturated carbocycles. The summed E-state index contributed by atoms with van der Waals surface area (Å²) in [6.45, 7) is -0.380. The minimum Gasteiger partial charge on any atom is -0.508 e. The summed E-state index contributed by atoms with van der Waals surface area (Å²) in [6.07, 6.45) is -0.110. The van der Waals surface area contributed by atoms with E-state index in [1.165, 1.54) is 6.07 Å². The van der Waals surface area contributed by atoms with Gasteiger partial charge in [-0.2, -0.15) is 8.42 Å². The molecular formula is C19H20O11S. The van der Waals surface area contributed by atoms with E-state index in [0.717, 1.165) is 0 Å². The van der Waals surface area contributed by atoms with Gasteiger partial charge in [0, 0.05) is 17.9 Å². The van der Waals surface area contributed by atoms with Crippen LogP contribution in [-0.2, 0) is 30.6 Å². The minimum atomic E-state index is -4.54. The molecule has 0 radical (unpaired) electrons. The average Bonchev–Trinajstić information content (AvgIpc) is 2.64. The van der Waals surface area contributed by atoms with Crippen molar-refractivity contribution in [2.45, 2.75) is 37.4 Å². The van der Waals surface area contributed by atoms with E-state index in [1.54, 1.807) is 12.1 Å². The fourth-order valence-electron chi connectivity index (χ4n) is 4.58. The van der Waals surface area contributed by atoms with Crippen LogP contribution < -0.4 is 0 Å². The lowest BCUT2D eigenvalue weighted by Gasteiger charge is -2.46. The standard InChI is InChI=1S/C18H18O6.CH2O5S/c19-11-6-10-5-9-4-8-2-1-3-12(20)14(8)16(22)15(9)17(23)18(10,24)13(21)7-11;2-1-6-7(3,4)5/h1-3,9-11,19-20,23-24H,4-7H2;1H,(H,3,4,5). The number of aliphatic hydroxyl groups is 3. The number of hydrogen-bond donors (Lipinski definition) is 5. The van der Waals surface area contributed by atoms with Crippen molar-refractivity contribution in [1.82, 2.24) is 0 Å². The first-order valence-electron chi connectivity index (χ1n) is 9.22. The van der Waals surface area contributed by atoms with E-state index in [4.69, 9.17) is 9.35 Å². The smallest absolute Gasteiger partial charge is 0.448 e. The maximum Gasteiger partial charge on any atom is 0.448 e. The summed E-state index contributed by atoms with van der Waals surface area (Å²) in [6, 6.07) is 4.81. The van der Waals surface area contributed by atoms with E-state index in [2.05, 4.69) is 4.18 Å². The normalized spacial score (nSPS) is 29.7. The van der Waals surface area contributed by atoms with Crippen molar-refractivity contribution in [2.75, 3.05) is 0 Å². The Morgan fingerprint density at radius 2 is 1.81 bits per heavy atom. The maximum atomic E-state index is 12.8. The Balaban J connectivity index is 0.000000339. The summed E-state index contributed by atoms with van der Waals surface area (Å²) in [5, 5.41) is 41.3. The molecule has 5 N–H and O–H groups in total. The molecule has 3 aliphatic rings. The fraction of sp³-hybridized carbons (Fsp3) is 0.421. The number of Topliss-reactive ketones (excluding diaryl/α,β-unsaturated/α-hetero) is 2. The van der Waals surface area contributed by atoms with Crippen molar-refractivity contribution in [3.8, 4) is 5.75 Å². The van der Waals surface area contributed by atoms with E-state index in [-0.39, 0.29) is 42.1 Å². The van der Waals surface area contributed by atoms with E-state index < -0.39 is 45.3 Å². The van der Waals surface area contributed by atoms with Crippen LogP contribution in [0, 0.1) is 11.8 Å². The minimum absolute atomic E-state index is 0.0208. The largest absolute Gasteiger partial charge is 0.508 e. The Morgan fingerprint density at radius 3 is 2.39 bits per heavy atom. The number of allylic oxidation sites excluding steroid dienone is 1. The van der Waals surface area contributed by atoms with Crippen LogP contribution in [0.3, 0.4) is 0 Å². The molecule has 0 amide bonds. The molecule has 168 valence electrons. The summed E-state index contributed by atoms with van der Waals surface area (Å²) < 4.78 is 29.3. The van der Waals surface area contributed by atoms with E-state index in [1.807, 2.05) is 0 Å². The van der Waals surface area contributed by atoms with Gasteiger partial charge in [0.15, 0.2) is 17.2 Å². The van der Waals surface area contributed by atoms with Crippen LogP contribution in [0.5, 0.6) is 5.75 Å². The molecule has 0 heterocycles. The molecule has 11 nitrogen and oxygen atoms in total. The van der Waals surface area contributed by atoms with Crippen LogP contribution in [0.4, 0.5) is 0 Å².